The SMILES string of the molecule is COc1c(Br)cc(Br)cc1C=CC(=O)NC(=S)Nc1nc2cc(Cl)c(C)cc2s1. The number of amides is 1. The Bertz CT molecular complexity index is 1110. The molecule has 1 amide bonds. The Morgan fingerprint density at radius 3 is 2.79 bits per heavy atom. The summed E-state index contributed by atoms with van der Waals surface area (Å²) in [4.78, 5) is 16.7. The highest BCUT2D eigenvalue weighted by atomic mass is 79.9. The predicted octanol–water partition coefficient (Wildman–Crippen LogP) is 6.32. The van der Waals surface area contributed by atoms with Crippen molar-refractivity contribution < 1.29 is 9.53 Å². The summed E-state index contributed by atoms with van der Waals surface area (Å²) in [5, 5.41) is 6.92. The summed E-state index contributed by atoms with van der Waals surface area (Å²) in [7, 11) is 1.57. The molecule has 3 aromatic rings. The van der Waals surface area contributed by atoms with Crippen LogP contribution in [0.1, 0.15) is 11.1 Å². The molecule has 0 fully saturated rings. The third-order valence-electron chi connectivity index (χ3n) is 3.78. The van der Waals surface area contributed by atoms with E-state index in [0.29, 0.717) is 15.9 Å². The van der Waals surface area contributed by atoms with E-state index in [9.17, 15) is 4.79 Å². The van der Waals surface area contributed by atoms with Crippen LogP contribution in [-0.4, -0.2) is 23.1 Å². The molecule has 1 heterocycles. The molecular formula is C19H14Br2ClN3O2S2. The van der Waals surface area contributed by atoms with Crippen molar-refractivity contribution in [3.63, 3.8) is 0 Å². The number of aromatic nitrogens is 1. The van der Waals surface area contributed by atoms with Gasteiger partial charge in [-0.2, -0.15) is 0 Å². The molecule has 0 aliphatic rings. The van der Waals surface area contributed by atoms with Crippen molar-refractivity contribution in [2.45, 2.75) is 6.92 Å². The van der Waals surface area contributed by atoms with Crippen molar-refractivity contribution in [2.24, 2.45) is 0 Å². The quantitative estimate of drug-likeness (QED) is 0.282. The highest BCUT2D eigenvalue weighted by Crippen LogP contribution is 2.33. The first-order valence-corrected chi connectivity index (χ1v) is 11.4. The highest BCUT2D eigenvalue weighted by Gasteiger charge is 2.10. The molecule has 2 N–H and O–H groups in total. The van der Waals surface area contributed by atoms with Crippen molar-refractivity contribution in [1.82, 2.24) is 10.3 Å². The lowest BCUT2D eigenvalue weighted by Gasteiger charge is -2.08. The van der Waals surface area contributed by atoms with Gasteiger partial charge in [0.2, 0.25) is 5.91 Å². The number of carbonyl (C=O) groups excluding carboxylic acids is 1. The molecule has 0 unspecified atom stereocenters. The van der Waals surface area contributed by atoms with E-state index in [1.54, 1.807) is 13.2 Å². The smallest absolute Gasteiger partial charge is 0.250 e. The number of hydrogen-bond acceptors (Lipinski definition) is 5. The fraction of sp³-hybridized carbons (Fsp3) is 0.105. The van der Waals surface area contributed by atoms with E-state index in [1.165, 1.54) is 17.4 Å². The average Bonchev–Trinajstić information content (AvgIpc) is 3.00. The molecule has 0 bridgehead atoms. The first kappa shape index (κ1) is 22.2. The number of fused-ring (bicyclic) bond motifs is 1. The van der Waals surface area contributed by atoms with Crippen LogP contribution in [0.5, 0.6) is 5.75 Å². The minimum absolute atomic E-state index is 0.156. The van der Waals surface area contributed by atoms with Crippen LogP contribution in [0, 0.1) is 6.92 Å². The Kier molecular flexibility index (Phi) is 7.28. The van der Waals surface area contributed by atoms with Crippen molar-refractivity contribution >= 4 is 99.5 Å². The molecule has 0 radical (unpaired) electrons. The monoisotopic (exact) mass is 573 g/mol. The summed E-state index contributed by atoms with van der Waals surface area (Å²) >= 11 is 19.6. The third kappa shape index (κ3) is 5.55. The Labute approximate surface area is 198 Å². The molecule has 150 valence electrons. The second kappa shape index (κ2) is 9.53. The molecule has 5 nitrogen and oxygen atoms in total. The standard InChI is InChI=1S/C19H14Br2ClN3O2S2/c1-9-5-15-14(8-13(9)22)23-19(29-15)25-18(28)24-16(26)4-3-10-6-11(20)7-12(21)17(10)27-2/h3-8H,1-2H3,(H2,23,24,25,26,28). The molecule has 1 aromatic heterocycles. The zero-order valence-electron chi connectivity index (χ0n) is 15.2. The molecule has 0 aliphatic carbocycles. The van der Waals surface area contributed by atoms with Gasteiger partial charge in [0.05, 0.1) is 21.8 Å². The number of thiocarbonyl (C=S) groups is 1. The molecule has 0 saturated heterocycles. The minimum atomic E-state index is -0.374. The van der Waals surface area contributed by atoms with Crippen molar-refractivity contribution in [2.75, 3.05) is 12.4 Å². The van der Waals surface area contributed by atoms with E-state index < -0.39 is 0 Å². The van der Waals surface area contributed by atoms with Gasteiger partial charge in [-0.15, -0.1) is 0 Å². The number of carbonyl (C=O) groups is 1. The molecule has 2 aromatic carbocycles. The van der Waals surface area contributed by atoms with Crippen LogP contribution in [0.2, 0.25) is 5.02 Å². The first-order valence-electron chi connectivity index (χ1n) is 8.16. The van der Waals surface area contributed by atoms with Gasteiger partial charge < -0.3 is 10.1 Å². The van der Waals surface area contributed by atoms with Crippen LogP contribution in [0.25, 0.3) is 16.3 Å². The van der Waals surface area contributed by atoms with Crippen LogP contribution in [-0.2, 0) is 4.79 Å². The minimum Gasteiger partial charge on any atom is -0.495 e. The van der Waals surface area contributed by atoms with Crippen molar-refractivity contribution in [3.8, 4) is 5.75 Å². The lowest BCUT2D eigenvalue weighted by Crippen LogP contribution is -2.32. The molecular weight excluding hydrogens is 562 g/mol. The lowest BCUT2D eigenvalue weighted by molar-refractivity contribution is -0.115. The van der Waals surface area contributed by atoms with Gasteiger partial charge in [-0.1, -0.05) is 38.9 Å². The molecule has 10 heteroatoms. The Hall–Kier alpha value is -1.52. The Morgan fingerprint density at radius 1 is 1.31 bits per heavy atom. The van der Waals surface area contributed by atoms with Gasteiger partial charge in [0.15, 0.2) is 10.2 Å². The fourth-order valence-corrected chi connectivity index (χ4v) is 5.26. The van der Waals surface area contributed by atoms with Crippen molar-refractivity contribution in [3.05, 3.63) is 55.4 Å². The molecule has 0 aliphatic heterocycles. The number of nitrogens with one attached hydrogen (secondary N) is 2. The molecule has 3 rings (SSSR count). The summed E-state index contributed by atoms with van der Waals surface area (Å²) in [5.74, 6) is 0.252. The summed E-state index contributed by atoms with van der Waals surface area (Å²) in [6.45, 7) is 1.94. The van der Waals surface area contributed by atoms with Crippen LogP contribution in [0.3, 0.4) is 0 Å². The number of rotatable bonds is 4. The van der Waals surface area contributed by atoms with E-state index in [0.717, 1.165) is 30.3 Å². The Morgan fingerprint density at radius 2 is 2.07 bits per heavy atom. The maximum atomic E-state index is 12.2. The van der Waals surface area contributed by atoms with E-state index in [2.05, 4.69) is 47.5 Å². The van der Waals surface area contributed by atoms with Gasteiger partial charge in [-0.05, 0) is 71.0 Å². The lowest BCUT2D eigenvalue weighted by atomic mass is 10.2. The second-order valence-electron chi connectivity index (χ2n) is 5.87. The normalized spacial score (nSPS) is 11.1. The average molecular weight is 576 g/mol. The van der Waals surface area contributed by atoms with E-state index in [-0.39, 0.29) is 11.0 Å². The zero-order valence-corrected chi connectivity index (χ0v) is 20.7. The number of ether oxygens (including phenoxy) is 1. The van der Waals surface area contributed by atoms with Crippen LogP contribution in [0.15, 0.2) is 39.3 Å². The van der Waals surface area contributed by atoms with E-state index in [4.69, 9.17) is 28.6 Å². The second-order valence-corrected chi connectivity index (χ2v) is 9.49. The topological polar surface area (TPSA) is 63.2 Å². The van der Waals surface area contributed by atoms with Crippen LogP contribution >= 0.6 is 67.0 Å². The Balaban J connectivity index is 1.67. The molecule has 0 saturated carbocycles. The third-order valence-corrected chi connectivity index (χ3v) is 6.37. The van der Waals surface area contributed by atoms with E-state index in [1.807, 2.05) is 31.2 Å². The van der Waals surface area contributed by atoms with Crippen LogP contribution in [0.4, 0.5) is 5.13 Å². The number of benzene rings is 2. The van der Waals surface area contributed by atoms with Gasteiger partial charge in [-0.3, -0.25) is 10.1 Å². The molecule has 0 spiro atoms. The largest absolute Gasteiger partial charge is 0.495 e. The zero-order chi connectivity index (χ0) is 21.1. The highest BCUT2D eigenvalue weighted by molar-refractivity contribution is 9.11. The van der Waals surface area contributed by atoms with Gasteiger partial charge in [0.25, 0.3) is 0 Å². The molecule has 29 heavy (non-hydrogen) atoms. The summed E-state index contributed by atoms with van der Waals surface area (Å²) in [6.07, 6.45) is 3.03. The van der Waals surface area contributed by atoms with Crippen molar-refractivity contribution in [1.29, 1.82) is 0 Å². The number of halogens is 3. The maximum absolute atomic E-state index is 12.2. The van der Waals surface area contributed by atoms with Gasteiger partial charge in [-0.25, -0.2) is 4.98 Å². The predicted molar refractivity (Wildman–Crippen MR) is 131 cm³/mol. The number of methoxy groups -OCH3 is 1. The van der Waals surface area contributed by atoms with E-state index >= 15 is 0 Å². The number of anilines is 1. The first-order chi connectivity index (χ1) is 13.8. The summed E-state index contributed by atoms with van der Waals surface area (Å²) in [6, 6.07) is 7.48. The van der Waals surface area contributed by atoms with Crippen LogP contribution < -0.4 is 15.4 Å². The molecule has 0 atom stereocenters. The number of thiazole rings is 1. The summed E-state index contributed by atoms with van der Waals surface area (Å²) in [5.41, 5.74) is 2.49. The number of nitrogens with zero attached hydrogens (tertiary/aromatic N) is 1. The maximum Gasteiger partial charge on any atom is 0.250 e. The number of hydrogen-bond donors (Lipinski definition) is 2. The number of aryl methyl sites for hydroxylation is 1. The van der Waals surface area contributed by atoms with Gasteiger partial charge in [0.1, 0.15) is 5.75 Å². The van der Waals surface area contributed by atoms with Gasteiger partial charge >= 0.3 is 0 Å². The fourth-order valence-electron chi connectivity index (χ4n) is 2.47. The summed E-state index contributed by atoms with van der Waals surface area (Å²) < 4.78 is 7.98. The van der Waals surface area contributed by atoms with Gasteiger partial charge in [0, 0.05) is 21.1 Å².